The average molecular weight is 426 g/mol. The molecule has 0 saturated carbocycles. The lowest BCUT2D eigenvalue weighted by atomic mass is 9.90. The van der Waals surface area contributed by atoms with E-state index in [1.165, 1.54) is 24.6 Å². The van der Waals surface area contributed by atoms with Gasteiger partial charge in [-0.05, 0) is 35.4 Å². The van der Waals surface area contributed by atoms with Crippen LogP contribution in [0.1, 0.15) is 33.1 Å². The summed E-state index contributed by atoms with van der Waals surface area (Å²) in [6, 6.07) is 9.63. The molecule has 2 heterocycles. The number of phenols is 1. The van der Waals surface area contributed by atoms with Crippen LogP contribution in [-0.2, 0) is 10.2 Å². The van der Waals surface area contributed by atoms with Crippen molar-refractivity contribution < 1.29 is 18.3 Å². The number of H-pyrrole nitrogens is 1. The Bertz CT molecular complexity index is 1280. The third-order valence-corrected chi connectivity index (χ3v) is 7.06. The zero-order valence-electron chi connectivity index (χ0n) is 16.7. The van der Waals surface area contributed by atoms with Crippen LogP contribution in [0.15, 0.2) is 48.8 Å². The maximum atomic E-state index is 13.1. The molecular formula is C21H22N4O4S. The molecule has 3 aromatic rings. The number of fused-ring (bicyclic) bond motifs is 2. The number of carbonyl (C=O) groups excluding carboxylic acids is 1. The summed E-state index contributed by atoms with van der Waals surface area (Å²) in [6.45, 7) is 0. The molecule has 30 heavy (non-hydrogen) atoms. The molecule has 4 rings (SSSR count). The largest absolute Gasteiger partial charge is 0.506 e. The summed E-state index contributed by atoms with van der Waals surface area (Å²) in [4.78, 5) is 15.1. The van der Waals surface area contributed by atoms with Crippen LogP contribution in [0.25, 0.3) is 17.0 Å². The van der Waals surface area contributed by atoms with Gasteiger partial charge in [0.05, 0.1) is 11.6 Å². The van der Waals surface area contributed by atoms with Crippen LogP contribution in [-0.4, -0.2) is 54.2 Å². The van der Waals surface area contributed by atoms with Crippen molar-refractivity contribution in [2.75, 3.05) is 21.1 Å². The number of para-hydroxylation sites is 1. The third kappa shape index (κ3) is 3.03. The van der Waals surface area contributed by atoms with Crippen LogP contribution in [0.3, 0.4) is 0 Å². The van der Waals surface area contributed by atoms with Gasteiger partial charge in [-0.2, -0.15) is 12.7 Å². The van der Waals surface area contributed by atoms with Gasteiger partial charge in [-0.25, -0.2) is 0 Å². The van der Waals surface area contributed by atoms with Crippen molar-refractivity contribution in [1.29, 1.82) is 0 Å². The monoisotopic (exact) mass is 426 g/mol. The predicted octanol–water partition coefficient (Wildman–Crippen LogP) is 2.42. The zero-order valence-corrected chi connectivity index (χ0v) is 17.6. The van der Waals surface area contributed by atoms with Crippen LogP contribution in [0.2, 0.25) is 0 Å². The van der Waals surface area contributed by atoms with Gasteiger partial charge in [0.15, 0.2) is 0 Å². The molecule has 1 aromatic heterocycles. The van der Waals surface area contributed by atoms with Crippen LogP contribution in [0, 0.1) is 0 Å². The van der Waals surface area contributed by atoms with E-state index in [4.69, 9.17) is 0 Å². The van der Waals surface area contributed by atoms with E-state index in [-0.39, 0.29) is 11.7 Å². The fraction of sp³-hybridized carbons (Fsp3) is 0.190. The minimum Gasteiger partial charge on any atom is -0.506 e. The standard InChI is InChI=1S/C21H22N4O4S/c1-22-21(27)14-7-8-15-13(11-14)9-10-25(30(28,29)24(2)3)20(15)17-12-23-19-16(17)5-4-6-18(19)26/h4-12,20,23,26H,1-3H3,(H,22,27). The number of aromatic hydroxyl groups is 1. The van der Waals surface area contributed by atoms with E-state index < -0.39 is 16.3 Å². The summed E-state index contributed by atoms with van der Waals surface area (Å²) >= 11 is 0. The molecule has 1 aliphatic heterocycles. The number of hydrogen-bond donors (Lipinski definition) is 3. The maximum Gasteiger partial charge on any atom is 0.303 e. The van der Waals surface area contributed by atoms with Gasteiger partial charge in [0.2, 0.25) is 0 Å². The molecule has 8 nitrogen and oxygen atoms in total. The quantitative estimate of drug-likeness (QED) is 0.596. The van der Waals surface area contributed by atoms with Gasteiger partial charge < -0.3 is 15.4 Å². The van der Waals surface area contributed by atoms with Crippen LogP contribution >= 0.6 is 0 Å². The lowest BCUT2D eigenvalue weighted by Crippen LogP contribution is -2.40. The molecule has 3 N–H and O–H groups in total. The van der Waals surface area contributed by atoms with E-state index in [0.29, 0.717) is 16.6 Å². The number of phenolic OH excluding ortho intramolecular Hbond substituents is 1. The third-order valence-electron chi connectivity index (χ3n) is 5.27. The average Bonchev–Trinajstić information content (AvgIpc) is 3.16. The van der Waals surface area contributed by atoms with Gasteiger partial charge in [0.1, 0.15) is 5.75 Å². The van der Waals surface area contributed by atoms with Crippen molar-refractivity contribution in [3.05, 3.63) is 71.0 Å². The van der Waals surface area contributed by atoms with Gasteiger partial charge in [-0.3, -0.25) is 9.10 Å². The molecule has 0 aliphatic carbocycles. The highest BCUT2D eigenvalue weighted by Crippen LogP contribution is 2.42. The van der Waals surface area contributed by atoms with Crippen molar-refractivity contribution in [2.45, 2.75) is 6.04 Å². The Balaban J connectivity index is 1.96. The summed E-state index contributed by atoms with van der Waals surface area (Å²) < 4.78 is 28.7. The first kappa shape index (κ1) is 20.0. The van der Waals surface area contributed by atoms with Crippen molar-refractivity contribution >= 4 is 33.1 Å². The SMILES string of the molecule is CNC(=O)c1ccc2c(c1)C=CN(S(=O)(=O)N(C)C)C2c1c[nH]c2c(O)cccc12. The Morgan fingerprint density at radius 1 is 1.20 bits per heavy atom. The second-order valence-electron chi connectivity index (χ2n) is 7.20. The summed E-state index contributed by atoms with van der Waals surface area (Å²) in [5.74, 6) is -0.134. The number of nitrogens with one attached hydrogen (secondary N) is 2. The summed E-state index contributed by atoms with van der Waals surface area (Å²) in [7, 11) is 0.712. The molecule has 1 atom stereocenters. The molecule has 0 spiro atoms. The van der Waals surface area contributed by atoms with E-state index in [2.05, 4.69) is 10.3 Å². The summed E-state index contributed by atoms with van der Waals surface area (Å²) in [6.07, 6.45) is 4.91. The van der Waals surface area contributed by atoms with Crippen LogP contribution in [0.4, 0.5) is 0 Å². The van der Waals surface area contributed by atoms with Gasteiger partial charge in [-0.1, -0.05) is 18.2 Å². The number of aromatic amines is 1. The molecule has 156 valence electrons. The number of carbonyl (C=O) groups is 1. The number of benzene rings is 2. The van der Waals surface area contributed by atoms with Gasteiger partial charge in [-0.15, -0.1) is 0 Å². The van der Waals surface area contributed by atoms with Crippen molar-refractivity contribution in [2.24, 2.45) is 0 Å². The number of aromatic nitrogens is 1. The maximum absolute atomic E-state index is 13.1. The second-order valence-corrected chi connectivity index (χ2v) is 9.25. The van der Waals surface area contributed by atoms with E-state index in [1.807, 2.05) is 6.07 Å². The topological polar surface area (TPSA) is 106 Å². The Morgan fingerprint density at radius 3 is 2.67 bits per heavy atom. The Kier molecular flexibility index (Phi) is 4.79. The minimum atomic E-state index is -3.80. The molecule has 0 fully saturated rings. The highest BCUT2D eigenvalue weighted by atomic mass is 32.2. The van der Waals surface area contributed by atoms with Crippen LogP contribution in [0.5, 0.6) is 5.75 Å². The van der Waals surface area contributed by atoms with E-state index in [9.17, 15) is 18.3 Å². The Labute approximate surface area is 174 Å². The molecular weight excluding hydrogens is 404 g/mol. The van der Waals surface area contributed by atoms with Crippen molar-refractivity contribution in [1.82, 2.24) is 18.9 Å². The first-order chi connectivity index (χ1) is 14.3. The smallest absolute Gasteiger partial charge is 0.303 e. The fourth-order valence-electron chi connectivity index (χ4n) is 3.72. The predicted molar refractivity (Wildman–Crippen MR) is 115 cm³/mol. The first-order valence-corrected chi connectivity index (χ1v) is 10.7. The molecule has 0 radical (unpaired) electrons. The number of nitrogens with zero attached hydrogens (tertiary/aromatic N) is 2. The highest BCUT2D eigenvalue weighted by molar-refractivity contribution is 7.86. The van der Waals surface area contributed by atoms with E-state index in [0.717, 1.165) is 20.8 Å². The summed E-state index contributed by atoms with van der Waals surface area (Å²) in [5, 5.41) is 13.5. The van der Waals surface area contributed by atoms with Gasteiger partial charge in [0.25, 0.3) is 5.91 Å². The minimum absolute atomic E-state index is 0.0855. The fourth-order valence-corrected chi connectivity index (χ4v) is 4.81. The Morgan fingerprint density at radius 2 is 1.97 bits per heavy atom. The lowest BCUT2D eigenvalue weighted by Gasteiger charge is -2.35. The molecule has 9 heteroatoms. The van der Waals surface area contributed by atoms with Gasteiger partial charge >= 0.3 is 10.2 Å². The lowest BCUT2D eigenvalue weighted by molar-refractivity contribution is 0.0963. The molecule has 1 aliphatic rings. The highest BCUT2D eigenvalue weighted by Gasteiger charge is 2.36. The zero-order chi connectivity index (χ0) is 21.6. The van der Waals surface area contributed by atoms with E-state index in [1.54, 1.807) is 49.7 Å². The number of hydrogen-bond acceptors (Lipinski definition) is 4. The molecule has 2 aromatic carbocycles. The second kappa shape index (κ2) is 7.19. The molecule has 1 unspecified atom stereocenters. The van der Waals surface area contributed by atoms with E-state index >= 15 is 0 Å². The molecule has 0 saturated heterocycles. The van der Waals surface area contributed by atoms with Gasteiger partial charge in [0, 0.05) is 50.1 Å². The first-order valence-electron chi connectivity index (χ1n) is 9.30. The van der Waals surface area contributed by atoms with Crippen LogP contribution < -0.4 is 5.32 Å². The van der Waals surface area contributed by atoms with Crippen molar-refractivity contribution in [3.63, 3.8) is 0 Å². The number of rotatable bonds is 4. The summed E-state index contributed by atoms with van der Waals surface area (Å²) in [5.41, 5.74) is 3.21. The molecule has 0 bridgehead atoms. The molecule has 1 amide bonds. The number of amides is 1. The van der Waals surface area contributed by atoms with Crippen molar-refractivity contribution in [3.8, 4) is 5.75 Å². The Hall–Kier alpha value is -3.30. The normalized spacial score (nSPS) is 16.1.